The molecule has 2 aromatic heterocycles. The summed E-state index contributed by atoms with van der Waals surface area (Å²) in [6, 6.07) is 11.2. The molecule has 126 valence electrons. The molecule has 0 aliphatic rings. The Labute approximate surface area is 143 Å². The number of hydrogen-bond acceptors (Lipinski definition) is 3. The van der Waals surface area contributed by atoms with Crippen LogP contribution in [0.1, 0.15) is 27.2 Å². The van der Waals surface area contributed by atoms with Gasteiger partial charge in [0, 0.05) is 21.9 Å². The highest BCUT2D eigenvalue weighted by Gasteiger charge is 2.13. The van der Waals surface area contributed by atoms with Crippen LogP contribution in [0.25, 0.3) is 21.9 Å². The van der Waals surface area contributed by atoms with E-state index in [4.69, 9.17) is 14.3 Å². The van der Waals surface area contributed by atoms with Gasteiger partial charge in [-0.3, -0.25) is 0 Å². The summed E-state index contributed by atoms with van der Waals surface area (Å²) in [6.07, 6.45) is 1.71. The molecule has 2 heterocycles. The van der Waals surface area contributed by atoms with E-state index in [0.29, 0.717) is 12.4 Å². The molecule has 0 amide bonds. The van der Waals surface area contributed by atoms with Gasteiger partial charge in [0.25, 0.3) is 0 Å². The monoisotopic (exact) mass is 335 g/mol. The van der Waals surface area contributed by atoms with E-state index in [1.807, 2.05) is 24.3 Å². The van der Waals surface area contributed by atoms with Crippen LogP contribution in [-0.2, 0) is 6.61 Å². The molecule has 4 aromatic rings. The lowest BCUT2D eigenvalue weighted by molar-refractivity contribution is 0.0691. The number of carbonyl (C=O) groups is 1. The van der Waals surface area contributed by atoms with Gasteiger partial charge in [-0.05, 0) is 55.3 Å². The van der Waals surface area contributed by atoms with Gasteiger partial charge in [-0.25, -0.2) is 4.79 Å². The molecule has 5 nitrogen and oxygen atoms in total. The molecule has 2 N–H and O–H groups in total. The van der Waals surface area contributed by atoms with E-state index >= 15 is 0 Å². The van der Waals surface area contributed by atoms with Crippen molar-refractivity contribution >= 4 is 27.8 Å². The summed E-state index contributed by atoms with van der Waals surface area (Å²) in [5.74, 6) is -0.353. The Kier molecular flexibility index (Phi) is 3.50. The Bertz CT molecular complexity index is 1100. The third kappa shape index (κ3) is 2.63. The minimum Gasteiger partial charge on any atom is -0.488 e. The number of nitrogens with one attached hydrogen (secondary N) is 1. The molecule has 0 radical (unpaired) electrons. The zero-order valence-corrected chi connectivity index (χ0v) is 13.9. The van der Waals surface area contributed by atoms with Gasteiger partial charge in [0.2, 0.25) is 0 Å². The molecular weight excluding hydrogens is 318 g/mol. The van der Waals surface area contributed by atoms with Crippen molar-refractivity contribution in [2.24, 2.45) is 0 Å². The van der Waals surface area contributed by atoms with Crippen LogP contribution in [0.2, 0.25) is 0 Å². The summed E-state index contributed by atoms with van der Waals surface area (Å²) in [6.45, 7) is 4.47. The van der Waals surface area contributed by atoms with Gasteiger partial charge in [0.1, 0.15) is 23.6 Å². The molecule has 0 saturated carbocycles. The number of ether oxygens (including phenoxy) is 1. The molecule has 0 fully saturated rings. The second-order valence-corrected chi connectivity index (χ2v) is 6.19. The van der Waals surface area contributed by atoms with E-state index in [0.717, 1.165) is 27.4 Å². The minimum absolute atomic E-state index is 0.144. The smallest absolute Gasteiger partial charge is 0.352 e. The van der Waals surface area contributed by atoms with E-state index in [1.54, 1.807) is 12.3 Å². The Morgan fingerprint density at radius 2 is 1.96 bits per heavy atom. The maximum Gasteiger partial charge on any atom is 0.352 e. The Morgan fingerprint density at radius 1 is 1.16 bits per heavy atom. The Morgan fingerprint density at radius 3 is 2.76 bits per heavy atom. The Hall–Kier alpha value is -3.21. The van der Waals surface area contributed by atoms with Gasteiger partial charge in [-0.2, -0.15) is 0 Å². The number of carboxylic acids is 1. The van der Waals surface area contributed by atoms with Gasteiger partial charge in [-0.1, -0.05) is 6.07 Å². The SMILES string of the molecule is Cc1cc2occ(COc3cccc4[nH]c(C(=O)O)cc34)c2cc1C. The molecule has 0 atom stereocenters. The van der Waals surface area contributed by atoms with E-state index in [-0.39, 0.29) is 5.69 Å². The lowest BCUT2D eigenvalue weighted by atomic mass is 10.1. The van der Waals surface area contributed by atoms with Crippen molar-refractivity contribution in [3.05, 3.63) is 65.0 Å². The highest BCUT2D eigenvalue weighted by molar-refractivity contribution is 5.96. The maximum absolute atomic E-state index is 11.1. The molecule has 0 aliphatic carbocycles. The minimum atomic E-state index is -0.992. The van der Waals surface area contributed by atoms with Crippen LogP contribution in [0.4, 0.5) is 0 Å². The summed E-state index contributed by atoms with van der Waals surface area (Å²) in [7, 11) is 0. The molecule has 5 heteroatoms. The Balaban J connectivity index is 1.66. The second kappa shape index (κ2) is 5.70. The van der Waals surface area contributed by atoms with Crippen molar-refractivity contribution in [3.63, 3.8) is 0 Å². The van der Waals surface area contributed by atoms with Crippen LogP contribution in [-0.4, -0.2) is 16.1 Å². The molecule has 25 heavy (non-hydrogen) atoms. The van der Waals surface area contributed by atoms with E-state index in [2.05, 4.69) is 24.9 Å². The number of H-pyrrole nitrogens is 1. The molecular formula is C20H17NO4. The lowest BCUT2D eigenvalue weighted by Gasteiger charge is -2.07. The van der Waals surface area contributed by atoms with Crippen LogP contribution < -0.4 is 4.74 Å². The summed E-state index contributed by atoms with van der Waals surface area (Å²) in [5, 5.41) is 10.9. The number of aromatic amines is 1. The quantitative estimate of drug-likeness (QED) is 0.561. The number of rotatable bonds is 4. The summed E-state index contributed by atoms with van der Waals surface area (Å²) < 4.78 is 11.6. The lowest BCUT2D eigenvalue weighted by Crippen LogP contribution is -1.95. The average molecular weight is 335 g/mol. The van der Waals surface area contributed by atoms with Crippen LogP contribution in [0, 0.1) is 13.8 Å². The van der Waals surface area contributed by atoms with Crippen molar-refractivity contribution < 1.29 is 19.1 Å². The van der Waals surface area contributed by atoms with E-state index in [1.165, 1.54) is 11.1 Å². The van der Waals surface area contributed by atoms with Crippen molar-refractivity contribution in [3.8, 4) is 5.75 Å². The molecule has 0 saturated heterocycles. The maximum atomic E-state index is 11.1. The van der Waals surface area contributed by atoms with Gasteiger partial charge in [0.05, 0.1) is 6.26 Å². The van der Waals surface area contributed by atoms with Crippen molar-refractivity contribution in [2.75, 3.05) is 0 Å². The first kappa shape index (κ1) is 15.3. The number of aromatic carboxylic acids is 1. The zero-order chi connectivity index (χ0) is 17.6. The van der Waals surface area contributed by atoms with Crippen LogP contribution in [0.15, 0.2) is 47.1 Å². The first-order valence-electron chi connectivity index (χ1n) is 7.98. The zero-order valence-electron chi connectivity index (χ0n) is 13.9. The molecule has 0 bridgehead atoms. The predicted molar refractivity (Wildman–Crippen MR) is 95.3 cm³/mol. The standard InChI is InChI=1S/C20H17NO4/c1-11-6-14-13(10-25-19(14)7-12(11)2)9-24-18-5-3-4-16-15(18)8-17(21-16)20(22)23/h3-8,10,21H,9H2,1-2H3,(H,22,23). The van der Waals surface area contributed by atoms with Gasteiger partial charge < -0.3 is 19.2 Å². The molecule has 0 aliphatic heterocycles. The summed E-state index contributed by atoms with van der Waals surface area (Å²) in [4.78, 5) is 14.0. The highest BCUT2D eigenvalue weighted by atomic mass is 16.5. The normalized spacial score (nSPS) is 11.3. The third-order valence-electron chi connectivity index (χ3n) is 4.51. The van der Waals surface area contributed by atoms with Crippen LogP contribution >= 0.6 is 0 Å². The number of benzene rings is 2. The number of furan rings is 1. The fourth-order valence-corrected chi connectivity index (χ4v) is 2.97. The third-order valence-corrected chi connectivity index (χ3v) is 4.51. The number of aryl methyl sites for hydroxylation is 2. The van der Waals surface area contributed by atoms with E-state index in [9.17, 15) is 4.79 Å². The summed E-state index contributed by atoms with van der Waals surface area (Å²) in [5.41, 5.74) is 5.07. The average Bonchev–Trinajstić information content (AvgIpc) is 3.18. The van der Waals surface area contributed by atoms with Crippen molar-refractivity contribution in [1.82, 2.24) is 4.98 Å². The number of aromatic nitrogens is 1. The van der Waals surface area contributed by atoms with Gasteiger partial charge in [0.15, 0.2) is 0 Å². The van der Waals surface area contributed by atoms with Crippen LogP contribution in [0.3, 0.4) is 0 Å². The topological polar surface area (TPSA) is 75.5 Å². The molecule has 0 unspecified atom stereocenters. The first-order chi connectivity index (χ1) is 12.0. The number of hydrogen-bond donors (Lipinski definition) is 2. The molecule has 0 spiro atoms. The number of fused-ring (bicyclic) bond motifs is 2. The summed E-state index contributed by atoms with van der Waals surface area (Å²) >= 11 is 0. The fraction of sp³-hybridized carbons (Fsp3) is 0.150. The first-order valence-corrected chi connectivity index (χ1v) is 7.98. The van der Waals surface area contributed by atoms with E-state index < -0.39 is 5.97 Å². The fourth-order valence-electron chi connectivity index (χ4n) is 2.97. The molecule has 4 rings (SSSR count). The second-order valence-electron chi connectivity index (χ2n) is 6.19. The van der Waals surface area contributed by atoms with Gasteiger partial charge >= 0.3 is 5.97 Å². The van der Waals surface area contributed by atoms with Crippen molar-refractivity contribution in [2.45, 2.75) is 20.5 Å². The number of carboxylic acid groups (broad SMARTS) is 1. The van der Waals surface area contributed by atoms with Crippen molar-refractivity contribution in [1.29, 1.82) is 0 Å². The predicted octanol–water partition coefficient (Wildman–Crippen LogP) is 4.81. The highest BCUT2D eigenvalue weighted by Crippen LogP contribution is 2.29. The largest absolute Gasteiger partial charge is 0.488 e. The van der Waals surface area contributed by atoms with Crippen LogP contribution in [0.5, 0.6) is 5.75 Å². The van der Waals surface area contributed by atoms with Gasteiger partial charge in [-0.15, -0.1) is 0 Å². The molecule has 2 aromatic carbocycles.